The molecule has 0 saturated carbocycles. The number of benzene rings is 11. The second-order valence-corrected chi connectivity index (χ2v) is 20.2. The first kappa shape index (κ1) is 51.2. The van der Waals surface area contributed by atoms with Crippen LogP contribution < -0.4 is 0 Å². The predicted octanol–water partition coefficient (Wildman–Crippen LogP) is 18.1. The fourth-order valence-electron chi connectivity index (χ4n) is 11.8. The molecule has 13 rings (SSSR count). The van der Waals surface area contributed by atoms with Gasteiger partial charge in [-0.3, -0.25) is 0 Å². The summed E-state index contributed by atoms with van der Waals surface area (Å²) in [7, 11) is 0. The van der Waals surface area contributed by atoms with Gasteiger partial charge in [0, 0.05) is 32.7 Å². The molecule has 8 nitrogen and oxygen atoms in total. The molecule has 0 aliphatic heterocycles. The standard InChI is InChI=1S/C73H37F3N8/c74-73(75,76)55-23-25-60(54(32-55)43-82)49-18-24-61(72(37-49)84-70-29-21-47(58-15-7-3-11-52(58)41-80)35-65(70)66-36-48(22-30-71(66)84)59-16-8-4-12-53(59)42-81)62-31-44(38-77)17-26-67(62)83-68-27-19-45(56-13-5-1-9-50(56)39-78)33-63(68)64-34-46(20-28-69(64)83)57-14-6-2-10-51(57)40-79/h1-37H. The summed E-state index contributed by atoms with van der Waals surface area (Å²) in [6.45, 7) is 0. The van der Waals surface area contributed by atoms with Crippen LogP contribution >= 0.6 is 0 Å². The van der Waals surface area contributed by atoms with Crippen molar-refractivity contribution in [2.24, 2.45) is 0 Å². The van der Waals surface area contributed by atoms with E-state index < -0.39 is 11.7 Å². The van der Waals surface area contributed by atoms with Crippen LogP contribution in [0.5, 0.6) is 0 Å². The molecule has 0 atom stereocenters. The van der Waals surface area contributed by atoms with Crippen LogP contribution in [0.25, 0.3) is 122 Å². The molecule has 0 aliphatic rings. The molecular formula is C73H37F3N8. The van der Waals surface area contributed by atoms with E-state index in [9.17, 15) is 44.7 Å². The second kappa shape index (κ2) is 20.4. The average Bonchev–Trinajstić information content (AvgIpc) is 2.56. The van der Waals surface area contributed by atoms with Crippen molar-refractivity contribution in [2.45, 2.75) is 6.18 Å². The lowest BCUT2D eigenvalue weighted by atomic mass is 9.93. The maximum absolute atomic E-state index is 14.3. The van der Waals surface area contributed by atoms with Crippen molar-refractivity contribution in [1.82, 2.24) is 9.13 Å². The van der Waals surface area contributed by atoms with Gasteiger partial charge in [0.25, 0.3) is 0 Å². The molecule has 2 aromatic heterocycles. The fraction of sp³-hybridized carbons (Fsp3) is 0.0137. The zero-order valence-electron chi connectivity index (χ0n) is 44.1. The number of rotatable bonds is 8. The third-order valence-corrected chi connectivity index (χ3v) is 15.6. The summed E-state index contributed by atoms with van der Waals surface area (Å²) >= 11 is 0. The van der Waals surface area contributed by atoms with Crippen LogP contribution in [0.1, 0.15) is 38.9 Å². The number of aromatic nitrogens is 2. The lowest BCUT2D eigenvalue weighted by Crippen LogP contribution is -2.05. The Morgan fingerprint density at radius 2 is 0.619 bits per heavy atom. The Bertz CT molecular complexity index is 5000. The molecule has 0 bridgehead atoms. The Kier molecular flexibility index (Phi) is 12.5. The topological polar surface area (TPSA) is 153 Å². The van der Waals surface area contributed by atoms with Gasteiger partial charge >= 0.3 is 6.18 Å². The van der Waals surface area contributed by atoms with Gasteiger partial charge in [-0.25, -0.2) is 0 Å². The van der Waals surface area contributed by atoms with Crippen molar-refractivity contribution in [3.8, 4) is 115 Å². The monoisotopic (exact) mass is 1080 g/mol. The number of fused-ring (bicyclic) bond motifs is 6. The van der Waals surface area contributed by atoms with E-state index in [2.05, 4.69) is 51.6 Å². The molecule has 84 heavy (non-hydrogen) atoms. The largest absolute Gasteiger partial charge is 0.416 e. The molecule has 11 heteroatoms. The summed E-state index contributed by atoms with van der Waals surface area (Å²) in [4.78, 5) is 0. The minimum absolute atomic E-state index is 0.182. The third-order valence-electron chi connectivity index (χ3n) is 15.6. The zero-order valence-corrected chi connectivity index (χ0v) is 44.1. The summed E-state index contributed by atoms with van der Waals surface area (Å²) in [5, 5.41) is 65.6. The quantitative estimate of drug-likeness (QED) is 0.148. The number of nitrogens with zero attached hydrogens (tertiary/aromatic N) is 8. The fourth-order valence-corrected chi connectivity index (χ4v) is 11.8. The van der Waals surface area contributed by atoms with Crippen LogP contribution in [-0.2, 0) is 6.18 Å². The molecule has 11 aromatic carbocycles. The van der Waals surface area contributed by atoms with E-state index in [4.69, 9.17) is 0 Å². The van der Waals surface area contributed by atoms with Gasteiger partial charge in [0.2, 0.25) is 0 Å². The zero-order chi connectivity index (χ0) is 57.8. The lowest BCUT2D eigenvalue weighted by Gasteiger charge is -2.20. The predicted molar refractivity (Wildman–Crippen MR) is 321 cm³/mol. The third kappa shape index (κ3) is 8.52. The Hall–Kier alpha value is -12.3. The Morgan fingerprint density at radius 1 is 0.274 bits per heavy atom. The Morgan fingerprint density at radius 3 is 1.00 bits per heavy atom. The van der Waals surface area contributed by atoms with Gasteiger partial charge in [0.05, 0.1) is 109 Å². The highest BCUT2D eigenvalue weighted by atomic mass is 19.4. The SMILES string of the molecule is N#Cc1ccc(-n2c3ccc(-c4ccccc4C#N)cc3c3cc(-c4ccccc4C#N)ccc32)c(-c2ccc(-c3ccc(C(F)(F)F)cc3C#N)cc2-n2c3ccc(-c4ccccc4C#N)cc3c3cc(-c4ccccc4C#N)ccc32)c1. The van der Waals surface area contributed by atoms with Crippen molar-refractivity contribution >= 4 is 43.6 Å². The van der Waals surface area contributed by atoms with Gasteiger partial charge < -0.3 is 9.13 Å². The Balaban J connectivity index is 1.14. The highest BCUT2D eigenvalue weighted by Gasteiger charge is 2.32. The first-order chi connectivity index (χ1) is 41.0. The minimum atomic E-state index is -4.71. The number of hydrogen-bond acceptors (Lipinski definition) is 6. The van der Waals surface area contributed by atoms with E-state index in [0.717, 1.165) is 89.2 Å². The van der Waals surface area contributed by atoms with Crippen molar-refractivity contribution in [2.75, 3.05) is 0 Å². The molecule has 0 fully saturated rings. The van der Waals surface area contributed by atoms with Crippen LogP contribution in [0, 0.1) is 68.0 Å². The highest BCUT2D eigenvalue weighted by Crippen LogP contribution is 2.46. The number of nitriles is 6. The van der Waals surface area contributed by atoms with E-state index in [0.29, 0.717) is 66.9 Å². The lowest BCUT2D eigenvalue weighted by molar-refractivity contribution is -0.137. The van der Waals surface area contributed by atoms with Gasteiger partial charge in [-0.05, 0) is 165 Å². The van der Waals surface area contributed by atoms with Crippen LogP contribution in [0.3, 0.4) is 0 Å². The average molecular weight is 1080 g/mol. The maximum atomic E-state index is 14.3. The summed E-state index contributed by atoms with van der Waals surface area (Å²) in [6, 6.07) is 81.3. The maximum Gasteiger partial charge on any atom is 0.416 e. The molecule has 0 radical (unpaired) electrons. The van der Waals surface area contributed by atoms with Crippen molar-refractivity contribution in [3.63, 3.8) is 0 Å². The molecular weight excluding hydrogens is 1050 g/mol. The van der Waals surface area contributed by atoms with Gasteiger partial charge in [-0.2, -0.15) is 44.7 Å². The molecule has 13 aromatic rings. The van der Waals surface area contributed by atoms with Crippen molar-refractivity contribution in [1.29, 1.82) is 31.6 Å². The molecule has 0 saturated heterocycles. The van der Waals surface area contributed by atoms with E-state index in [1.54, 1.807) is 36.4 Å². The van der Waals surface area contributed by atoms with E-state index >= 15 is 0 Å². The molecule has 0 unspecified atom stereocenters. The first-order valence-electron chi connectivity index (χ1n) is 26.5. The van der Waals surface area contributed by atoms with Gasteiger partial charge in [0.1, 0.15) is 0 Å². The minimum Gasteiger partial charge on any atom is -0.309 e. The summed E-state index contributed by atoms with van der Waals surface area (Å²) in [5.74, 6) is 0. The molecule has 0 amide bonds. The van der Waals surface area contributed by atoms with Gasteiger partial charge in [-0.1, -0.05) is 115 Å². The molecule has 2 heterocycles. The van der Waals surface area contributed by atoms with Crippen LogP contribution in [0.15, 0.2) is 224 Å². The molecule has 0 spiro atoms. The second-order valence-electron chi connectivity index (χ2n) is 20.2. The van der Waals surface area contributed by atoms with Crippen molar-refractivity contribution < 1.29 is 13.2 Å². The van der Waals surface area contributed by atoms with Crippen LogP contribution in [0.4, 0.5) is 13.2 Å². The first-order valence-corrected chi connectivity index (χ1v) is 26.5. The van der Waals surface area contributed by atoms with E-state index in [1.165, 1.54) is 6.07 Å². The van der Waals surface area contributed by atoms with E-state index in [1.807, 2.05) is 164 Å². The number of hydrogen-bond donors (Lipinski definition) is 0. The molecule has 0 aliphatic carbocycles. The van der Waals surface area contributed by atoms with E-state index in [-0.39, 0.29) is 11.1 Å². The molecule has 390 valence electrons. The smallest absolute Gasteiger partial charge is 0.309 e. The summed E-state index contributed by atoms with van der Waals surface area (Å²) in [5.41, 5.74) is 13.4. The summed E-state index contributed by atoms with van der Waals surface area (Å²) < 4.78 is 47.0. The van der Waals surface area contributed by atoms with Crippen LogP contribution in [-0.4, -0.2) is 9.13 Å². The van der Waals surface area contributed by atoms with Gasteiger partial charge in [-0.15, -0.1) is 0 Å². The number of alkyl halides is 3. The summed E-state index contributed by atoms with van der Waals surface area (Å²) in [6.07, 6.45) is -4.71. The van der Waals surface area contributed by atoms with Crippen LogP contribution in [0.2, 0.25) is 0 Å². The highest BCUT2D eigenvalue weighted by molar-refractivity contribution is 6.14. The molecule has 0 N–H and O–H groups in total. The van der Waals surface area contributed by atoms with Gasteiger partial charge in [0.15, 0.2) is 0 Å². The Labute approximate surface area is 479 Å². The number of halogens is 3. The van der Waals surface area contributed by atoms with Crippen molar-refractivity contribution in [3.05, 3.63) is 263 Å². The normalized spacial score (nSPS) is 11.2.